The van der Waals surface area contributed by atoms with Gasteiger partial charge in [0, 0.05) is 38.0 Å². The molecule has 3 atom stereocenters. The Balaban J connectivity index is 0.00000240. The SMILES string of the molecule is Cc1ccc(N2CC(C(=O)N3C[C@@H](N)[C@H](c4ccccc4)C3)CC2=O)c(F)c1.Cl. The molecule has 2 saturated heterocycles. The van der Waals surface area contributed by atoms with Crippen LogP contribution in [0.25, 0.3) is 0 Å². The minimum atomic E-state index is -0.463. The molecule has 4 rings (SSSR count). The normalized spacial score (nSPS) is 24.0. The van der Waals surface area contributed by atoms with Gasteiger partial charge in [0.25, 0.3) is 0 Å². The second kappa shape index (κ2) is 8.51. The van der Waals surface area contributed by atoms with Crippen LogP contribution in [0.3, 0.4) is 0 Å². The Morgan fingerprint density at radius 1 is 1.10 bits per heavy atom. The Morgan fingerprint density at radius 2 is 1.83 bits per heavy atom. The van der Waals surface area contributed by atoms with Crippen molar-refractivity contribution < 1.29 is 14.0 Å². The summed E-state index contributed by atoms with van der Waals surface area (Å²) in [6, 6.07) is 14.6. The molecule has 154 valence electrons. The maximum atomic E-state index is 14.3. The van der Waals surface area contributed by atoms with E-state index in [1.165, 1.54) is 11.0 Å². The maximum absolute atomic E-state index is 14.3. The Kier molecular flexibility index (Phi) is 6.24. The van der Waals surface area contributed by atoms with E-state index < -0.39 is 11.7 Å². The Bertz CT molecular complexity index is 908. The molecule has 0 bridgehead atoms. The Hall–Kier alpha value is -2.44. The predicted octanol–water partition coefficient (Wildman–Crippen LogP) is 2.86. The van der Waals surface area contributed by atoms with E-state index in [0.717, 1.165) is 11.1 Å². The third-order valence-electron chi connectivity index (χ3n) is 5.77. The number of amides is 2. The fourth-order valence-corrected chi connectivity index (χ4v) is 4.26. The van der Waals surface area contributed by atoms with Crippen molar-refractivity contribution in [1.29, 1.82) is 0 Å². The zero-order valence-corrected chi connectivity index (χ0v) is 17.1. The number of hydrogen-bond acceptors (Lipinski definition) is 3. The van der Waals surface area contributed by atoms with Crippen molar-refractivity contribution >= 4 is 29.9 Å². The summed E-state index contributed by atoms with van der Waals surface area (Å²) in [5, 5.41) is 0. The minimum absolute atomic E-state index is 0. The molecule has 0 aromatic heterocycles. The van der Waals surface area contributed by atoms with Gasteiger partial charge in [-0.3, -0.25) is 9.59 Å². The summed E-state index contributed by atoms with van der Waals surface area (Å²) in [4.78, 5) is 28.6. The molecular formula is C22H25ClFN3O2. The van der Waals surface area contributed by atoms with Crippen LogP contribution in [0, 0.1) is 18.7 Å². The number of anilines is 1. The van der Waals surface area contributed by atoms with Crippen molar-refractivity contribution in [2.24, 2.45) is 11.7 Å². The van der Waals surface area contributed by atoms with Crippen LogP contribution >= 0.6 is 12.4 Å². The van der Waals surface area contributed by atoms with Gasteiger partial charge in [0.05, 0.1) is 11.6 Å². The smallest absolute Gasteiger partial charge is 0.228 e. The van der Waals surface area contributed by atoms with Gasteiger partial charge < -0.3 is 15.5 Å². The van der Waals surface area contributed by atoms with Crippen molar-refractivity contribution in [3.63, 3.8) is 0 Å². The molecule has 1 unspecified atom stereocenters. The van der Waals surface area contributed by atoms with Crippen LogP contribution in [0.4, 0.5) is 10.1 Å². The van der Waals surface area contributed by atoms with E-state index in [-0.39, 0.29) is 54.8 Å². The monoisotopic (exact) mass is 417 g/mol. The highest BCUT2D eigenvalue weighted by Gasteiger charge is 2.41. The Morgan fingerprint density at radius 3 is 2.52 bits per heavy atom. The summed E-state index contributed by atoms with van der Waals surface area (Å²) in [7, 11) is 0. The lowest BCUT2D eigenvalue weighted by molar-refractivity contribution is -0.134. The minimum Gasteiger partial charge on any atom is -0.340 e. The summed E-state index contributed by atoms with van der Waals surface area (Å²) in [6.45, 7) is 3.03. The fourth-order valence-electron chi connectivity index (χ4n) is 4.26. The molecule has 5 nitrogen and oxygen atoms in total. The lowest BCUT2D eigenvalue weighted by Crippen LogP contribution is -2.37. The molecule has 2 aliphatic rings. The first kappa shape index (κ1) is 21.3. The molecule has 2 fully saturated rings. The highest BCUT2D eigenvalue weighted by molar-refractivity contribution is 6.00. The highest BCUT2D eigenvalue weighted by Crippen LogP contribution is 2.32. The second-order valence-electron chi connectivity index (χ2n) is 7.78. The van der Waals surface area contributed by atoms with Crippen molar-refractivity contribution in [2.45, 2.75) is 25.3 Å². The van der Waals surface area contributed by atoms with Crippen LogP contribution < -0.4 is 10.6 Å². The van der Waals surface area contributed by atoms with Crippen molar-refractivity contribution in [3.05, 3.63) is 65.5 Å². The van der Waals surface area contributed by atoms with Crippen LogP contribution in [-0.2, 0) is 9.59 Å². The van der Waals surface area contributed by atoms with Gasteiger partial charge in [-0.15, -0.1) is 12.4 Å². The predicted molar refractivity (Wildman–Crippen MR) is 113 cm³/mol. The maximum Gasteiger partial charge on any atom is 0.228 e. The molecule has 0 spiro atoms. The van der Waals surface area contributed by atoms with E-state index in [0.29, 0.717) is 13.1 Å². The lowest BCUT2D eigenvalue weighted by Gasteiger charge is -2.21. The Labute approximate surface area is 176 Å². The van der Waals surface area contributed by atoms with Crippen molar-refractivity contribution in [3.8, 4) is 0 Å². The lowest BCUT2D eigenvalue weighted by atomic mass is 9.95. The quantitative estimate of drug-likeness (QED) is 0.835. The van der Waals surface area contributed by atoms with E-state index >= 15 is 0 Å². The van der Waals surface area contributed by atoms with Crippen LogP contribution in [0.2, 0.25) is 0 Å². The molecule has 2 N–H and O–H groups in total. The second-order valence-corrected chi connectivity index (χ2v) is 7.78. The average Bonchev–Trinajstić information content (AvgIpc) is 3.25. The summed E-state index contributed by atoms with van der Waals surface area (Å²) in [6.07, 6.45) is 0.105. The molecule has 2 heterocycles. The van der Waals surface area contributed by atoms with E-state index in [1.54, 1.807) is 24.0 Å². The number of likely N-dealkylation sites (tertiary alicyclic amines) is 1. The van der Waals surface area contributed by atoms with Gasteiger partial charge in [0.2, 0.25) is 11.8 Å². The summed E-state index contributed by atoms with van der Waals surface area (Å²) >= 11 is 0. The van der Waals surface area contributed by atoms with Gasteiger partial charge in [-0.1, -0.05) is 36.4 Å². The summed E-state index contributed by atoms with van der Waals surface area (Å²) < 4.78 is 14.3. The molecule has 2 aromatic rings. The first-order valence-corrected chi connectivity index (χ1v) is 9.60. The molecule has 2 aliphatic heterocycles. The third kappa shape index (κ3) is 4.14. The van der Waals surface area contributed by atoms with Gasteiger partial charge in [0.1, 0.15) is 5.82 Å². The van der Waals surface area contributed by atoms with Crippen molar-refractivity contribution in [2.75, 3.05) is 24.5 Å². The standard InChI is InChI=1S/C22H24FN3O2.ClH/c1-14-7-8-20(18(23)9-14)26-11-16(10-21(26)27)22(28)25-12-17(19(24)13-25)15-5-3-2-4-6-15;/h2-9,16-17,19H,10-13,24H2,1H3;1H/t16?,17-,19+;/m0./s1. The highest BCUT2D eigenvalue weighted by atomic mass is 35.5. The molecule has 2 amide bonds. The van der Waals surface area contributed by atoms with Crippen LogP contribution in [0.15, 0.2) is 48.5 Å². The average molecular weight is 418 g/mol. The van der Waals surface area contributed by atoms with Gasteiger partial charge in [0.15, 0.2) is 0 Å². The molecule has 0 radical (unpaired) electrons. The van der Waals surface area contributed by atoms with Crippen LogP contribution in [0.5, 0.6) is 0 Å². The van der Waals surface area contributed by atoms with E-state index in [4.69, 9.17) is 5.73 Å². The van der Waals surface area contributed by atoms with Crippen LogP contribution in [0.1, 0.15) is 23.5 Å². The summed E-state index contributed by atoms with van der Waals surface area (Å²) in [5.41, 5.74) is 8.45. The number of carbonyl (C=O) groups is 2. The number of halogens is 2. The van der Waals surface area contributed by atoms with Gasteiger partial charge in [-0.2, -0.15) is 0 Å². The zero-order chi connectivity index (χ0) is 19.8. The number of benzene rings is 2. The van der Waals surface area contributed by atoms with E-state index in [1.807, 2.05) is 30.3 Å². The first-order chi connectivity index (χ1) is 13.4. The zero-order valence-electron chi connectivity index (χ0n) is 16.3. The molecule has 2 aromatic carbocycles. The number of carbonyl (C=O) groups excluding carboxylic acids is 2. The van der Waals surface area contributed by atoms with Gasteiger partial charge in [-0.25, -0.2) is 4.39 Å². The van der Waals surface area contributed by atoms with E-state index in [2.05, 4.69) is 0 Å². The van der Waals surface area contributed by atoms with Gasteiger partial charge in [-0.05, 0) is 30.2 Å². The number of hydrogen-bond donors (Lipinski definition) is 1. The molecule has 0 aliphatic carbocycles. The number of nitrogens with zero attached hydrogens (tertiary/aromatic N) is 2. The fraction of sp³-hybridized carbons (Fsp3) is 0.364. The van der Waals surface area contributed by atoms with Crippen LogP contribution in [-0.4, -0.2) is 42.4 Å². The van der Waals surface area contributed by atoms with E-state index in [9.17, 15) is 14.0 Å². The molecule has 0 saturated carbocycles. The van der Waals surface area contributed by atoms with Crippen molar-refractivity contribution in [1.82, 2.24) is 4.90 Å². The third-order valence-corrected chi connectivity index (χ3v) is 5.77. The largest absolute Gasteiger partial charge is 0.340 e. The van der Waals surface area contributed by atoms with Gasteiger partial charge >= 0.3 is 0 Å². The first-order valence-electron chi connectivity index (χ1n) is 9.60. The molecular weight excluding hydrogens is 393 g/mol. The molecule has 7 heteroatoms. The molecule has 29 heavy (non-hydrogen) atoms. The number of nitrogens with two attached hydrogens (primary N) is 1. The topological polar surface area (TPSA) is 66.6 Å². The summed E-state index contributed by atoms with van der Waals surface area (Å²) in [5.74, 6) is -1.10. The number of rotatable bonds is 3. The number of aryl methyl sites for hydroxylation is 1.